The molecule has 2 rings (SSSR count). The van der Waals surface area contributed by atoms with Crippen LogP contribution in [-0.4, -0.2) is 31.2 Å². The van der Waals surface area contributed by atoms with Crippen LogP contribution in [0.4, 0.5) is 0 Å². The monoisotopic (exact) mass is 255 g/mol. The molecule has 2 aliphatic rings. The first-order chi connectivity index (χ1) is 8.42. The van der Waals surface area contributed by atoms with E-state index in [1.54, 1.807) is 0 Å². The molecule has 18 heavy (non-hydrogen) atoms. The lowest BCUT2D eigenvalue weighted by Crippen LogP contribution is -2.46. The molecule has 5 nitrogen and oxygen atoms in total. The van der Waals surface area contributed by atoms with Gasteiger partial charge in [0.15, 0.2) is 6.79 Å². The molecule has 2 atom stereocenters. The third kappa shape index (κ3) is 2.00. The lowest BCUT2D eigenvalue weighted by Gasteiger charge is -2.27. The summed E-state index contributed by atoms with van der Waals surface area (Å²) in [6, 6.07) is 0. The van der Waals surface area contributed by atoms with Crippen molar-refractivity contribution in [3.63, 3.8) is 0 Å². The van der Waals surface area contributed by atoms with Crippen molar-refractivity contribution in [1.29, 1.82) is 0 Å². The minimum atomic E-state index is -0.902. The van der Waals surface area contributed by atoms with Gasteiger partial charge in [-0.15, -0.1) is 0 Å². The molecule has 0 saturated heterocycles. The highest BCUT2D eigenvalue weighted by atomic mass is 16.7. The molecule has 1 aliphatic heterocycles. The summed E-state index contributed by atoms with van der Waals surface area (Å²) >= 11 is 0. The first kappa shape index (κ1) is 13.3. The number of hydrogen-bond donors (Lipinski definition) is 0. The van der Waals surface area contributed by atoms with Crippen LogP contribution in [0.15, 0.2) is 5.16 Å². The average molecular weight is 255 g/mol. The zero-order valence-electron chi connectivity index (χ0n) is 11.5. The van der Waals surface area contributed by atoms with Crippen molar-refractivity contribution in [3.8, 4) is 0 Å². The molecule has 0 amide bonds. The van der Waals surface area contributed by atoms with E-state index in [-0.39, 0.29) is 24.1 Å². The fourth-order valence-corrected chi connectivity index (χ4v) is 2.81. The van der Waals surface area contributed by atoms with Gasteiger partial charge in [0.2, 0.25) is 5.60 Å². The summed E-state index contributed by atoms with van der Waals surface area (Å²) in [7, 11) is 1.49. The number of ether oxygens (including phenoxy) is 2. The molecule has 1 fully saturated rings. The van der Waals surface area contributed by atoms with Gasteiger partial charge in [0.05, 0.1) is 11.6 Å². The first-order valence-corrected chi connectivity index (χ1v) is 6.34. The van der Waals surface area contributed by atoms with Crippen LogP contribution in [0.5, 0.6) is 0 Å². The van der Waals surface area contributed by atoms with Gasteiger partial charge >= 0.3 is 5.97 Å². The van der Waals surface area contributed by atoms with Gasteiger partial charge in [0, 0.05) is 18.9 Å². The van der Waals surface area contributed by atoms with Crippen LogP contribution in [-0.2, 0) is 19.1 Å². The lowest BCUT2D eigenvalue weighted by molar-refractivity contribution is -0.181. The molecule has 0 radical (unpaired) electrons. The van der Waals surface area contributed by atoms with E-state index in [2.05, 4.69) is 25.9 Å². The molecule has 0 aromatic heterocycles. The van der Waals surface area contributed by atoms with Crippen molar-refractivity contribution in [2.24, 2.45) is 16.5 Å². The second-order valence-electron chi connectivity index (χ2n) is 5.99. The number of oxime groups is 1. The minimum Gasteiger partial charge on any atom is -0.435 e. The number of carbonyl (C=O) groups excluding carboxylic acids is 1. The number of fused-ring (bicyclic) bond motifs is 1. The van der Waals surface area contributed by atoms with Crippen LogP contribution in [0.25, 0.3) is 0 Å². The number of esters is 1. The molecule has 0 N–H and O–H groups in total. The zero-order chi connectivity index (χ0) is 13.4. The third-order valence-electron chi connectivity index (χ3n) is 3.66. The van der Waals surface area contributed by atoms with E-state index in [0.717, 1.165) is 18.6 Å². The van der Waals surface area contributed by atoms with Crippen molar-refractivity contribution in [2.45, 2.75) is 45.6 Å². The summed E-state index contributed by atoms with van der Waals surface area (Å²) in [5.41, 5.74) is -0.0197. The van der Waals surface area contributed by atoms with Gasteiger partial charge in [0.25, 0.3) is 0 Å². The van der Waals surface area contributed by atoms with Crippen molar-refractivity contribution < 1.29 is 19.1 Å². The quantitative estimate of drug-likeness (QED) is 0.572. The van der Waals surface area contributed by atoms with Crippen LogP contribution in [0.2, 0.25) is 0 Å². The van der Waals surface area contributed by atoms with Gasteiger partial charge in [0.1, 0.15) is 0 Å². The number of carbonyl (C=O) groups is 1. The molecule has 1 aliphatic carbocycles. The SMILES string of the molecule is COCOC(=O)C12CCCC1C(C(C)(C)C)=NO2. The number of nitrogens with zero attached hydrogens (tertiary/aromatic N) is 1. The molecular weight excluding hydrogens is 234 g/mol. The molecule has 0 aromatic rings. The predicted octanol–water partition coefficient (Wildman–Crippen LogP) is 2.10. The Labute approximate surface area is 107 Å². The summed E-state index contributed by atoms with van der Waals surface area (Å²) in [5.74, 6) is -0.309. The fourth-order valence-electron chi connectivity index (χ4n) is 2.81. The smallest absolute Gasteiger partial charge is 0.356 e. The maximum atomic E-state index is 12.2. The van der Waals surface area contributed by atoms with E-state index in [1.807, 2.05) is 0 Å². The van der Waals surface area contributed by atoms with Crippen molar-refractivity contribution >= 4 is 11.7 Å². The second kappa shape index (κ2) is 4.53. The normalized spacial score (nSPS) is 30.7. The minimum absolute atomic E-state index is 0.0402. The van der Waals surface area contributed by atoms with E-state index in [0.29, 0.717) is 6.42 Å². The Kier molecular flexibility index (Phi) is 3.36. The summed E-state index contributed by atoms with van der Waals surface area (Å²) in [6.45, 7) is 6.22. The standard InChI is InChI=1S/C13H21NO4/c1-12(2,3)10-9-6-5-7-13(9,18-14-10)11(15)17-8-16-4/h9H,5-8H2,1-4H3. The maximum absolute atomic E-state index is 12.2. The molecule has 0 aromatic carbocycles. The van der Waals surface area contributed by atoms with Crippen molar-refractivity contribution in [3.05, 3.63) is 0 Å². The third-order valence-corrected chi connectivity index (χ3v) is 3.66. The van der Waals surface area contributed by atoms with Gasteiger partial charge in [-0.3, -0.25) is 0 Å². The Hall–Kier alpha value is -1.10. The highest BCUT2D eigenvalue weighted by molar-refractivity contribution is 5.99. The highest BCUT2D eigenvalue weighted by Gasteiger charge is 2.60. The molecular formula is C13H21NO4. The van der Waals surface area contributed by atoms with Gasteiger partial charge in [-0.05, 0) is 12.8 Å². The van der Waals surface area contributed by atoms with E-state index < -0.39 is 5.60 Å². The Morgan fingerprint density at radius 3 is 2.89 bits per heavy atom. The summed E-state index contributed by atoms with van der Waals surface area (Å²) < 4.78 is 9.86. The van der Waals surface area contributed by atoms with Gasteiger partial charge < -0.3 is 14.3 Å². The molecule has 0 spiro atoms. The highest BCUT2D eigenvalue weighted by Crippen LogP contribution is 2.48. The van der Waals surface area contributed by atoms with Gasteiger partial charge in [-0.2, -0.15) is 0 Å². The van der Waals surface area contributed by atoms with Crippen molar-refractivity contribution in [1.82, 2.24) is 0 Å². The first-order valence-electron chi connectivity index (χ1n) is 6.34. The van der Waals surface area contributed by atoms with Crippen LogP contribution in [0.1, 0.15) is 40.0 Å². The largest absolute Gasteiger partial charge is 0.435 e. The van der Waals surface area contributed by atoms with Crippen LogP contribution < -0.4 is 0 Å². The topological polar surface area (TPSA) is 57.1 Å². The Morgan fingerprint density at radius 2 is 2.28 bits per heavy atom. The van der Waals surface area contributed by atoms with Crippen LogP contribution >= 0.6 is 0 Å². The molecule has 1 saturated carbocycles. The summed E-state index contributed by atoms with van der Waals surface area (Å²) in [5, 5.41) is 4.17. The Balaban J connectivity index is 2.18. The van der Waals surface area contributed by atoms with E-state index in [1.165, 1.54) is 7.11 Å². The molecule has 0 bridgehead atoms. The van der Waals surface area contributed by atoms with E-state index >= 15 is 0 Å². The maximum Gasteiger partial charge on any atom is 0.356 e. The van der Waals surface area contributed by atoms with Gasteiger partial charge in [-0.25, -0.2) is 4.79 Å². The zero-order valence-corrected chi connectivity index (χ0v) is 11.5. The second-order valence-corrected chi connectivity index (χ2v) is 5.99. The molecule has 1 heterocycles. The Bertz CT molecular complexity index is 372. The molecule has 2 unspecified atom stereocenters. The molecule has 5 heteroatoms. The van der Waals surface area contributed by atoms with Crippen LogP contribution in [0, 0.1) is 11.3 Å². The number of hydrogen-bond acceptors (Lipinski definition) is 5. The van der Waals surface area contributed by atoms with E-state index in [9.17, 15) is 4.79 Å². The number of methoxy groups -OCH3 is 1. The lowest BCUT2D eigenvalue weighted by atomic mass is 9.76. The fraction of sp³-hybridized carbons (Fsp3) is 0.846. The summed E-state index contributed by atoms with van der Waals surface area (Å²) in [6.07, 6.45) is 2.56. The van der Waals surface area contributed by atoms with Crippen LogP contribution in [0.3, 0.4) is 0 Å². The van der Waals surface area contributed by atoms with E-state index in [4.69, 9.17) is 14.3 Å². The predicted molar refractivity (Wildman–Crippen MR) is 66.0 cm³/mol. The molecule has 102 valence electrons. The summed E-state index contributed by atoms with van der Waals surface area (Å²) in [4.78, 5) is 17.7. The van der Waals surface area contributed by atoms with Crippen molar-refractivity contribution in [2.75, 3.05) is 13.9 Å². The number of rotatable bonds is 3. The average Bonchev–Trinajstić information content (AvgIpc) is 2.82. The van der Waals surface area contributed by atoms with Gasteiger partial charge in [-0.1, -0.05) is 25.9 Å². The Morgan fingerprint density at radius 1 is 1.56 bits per heavy atom.